The van der Waals surface area contributed by atoms with Crippen LogP contribution in [0.1, 0.15) is 13.8 Å². The van der Waals surface area contributed by atoms with Crippen molar-refractivity contribution in [2.45, 2.75) is 38.1 Å². The first kappa shape index (κ1) is 10.0. The Kier molecular flexibility index (Phi) is 2.35. The molecule has 2 rings (SSSR count). The number of hydrogen-bond acceptors (Lipinski definition) is 5. The zero-order valence-corrected chi connectivity index (χ0v) is 8.48. The van der Waals surface area contributed by atoms with Crippen molar-refractivity contribution in [2.24, 2.45) is 0 Å². The second-order valence-corrected chi connectivity index (χ2v) is 3.90. The molecule has 0 aromatic heterocycles. The van der Waals surface area contributed by atoms with Gasteiger partial charge in [-0.25, -0.2) is 0 Å². The first-order valence-corrected chi connectivity index (χ1v) is 4.57. The van der Waals surface area contributed by atoms with Gasteiger partial charge in [-0.05, 0) is 13.8 Å². The van der Waals surface area contributed by atoms with E-state index in [9.17, 15) is 4.79 Å². The smallest absolute Gasteiger partial charge is 0.220 e. The minimum absolute atomic E-state index is 0.200. The fourth-order valence-corrected chi connectivity index (χ4v) is 1.78. The Hall–Kier alpha value is -0.490. The molecule has 2 fully saturated rings. The second kappa shape index (κ2) is 3.27. The van der Waals surface area contributed by atoms with Crippen LogP contribution in [0.2, 0.25) is 0 Å². The van der Waals surface area contributed by atoms with Crippen LogP contribution < -0.4 is 0 Å². The summed E-state index contributed by atoms with van der Waals surface area (Å²) in [6, 6.07) is 0. The predicted molar refractivity (Wildman–Crippen MR) is 45.6 cm³/mol. The standard InChI is InChI=1S/C9H14O5/c1-9(2)13-5-4-12-8(11-3)6(10)7(5)14-9/h5,7-8H,4H2,1-3H3/t5-,7+,8-/m1/s1. The molecule has 5 nitrogen and oxygen atoms in total. The Bertz CT molecular complexity index is 250. The molecule has 0 aromatic carbocycles. The fraction of sp³-hybridized carbons (Fsp3) is 0.889. The van der Waals surface area contributed by atoms with E-state index in [1.807, 2.05) is 0 Å². The SMILES string of the molecule is CO[C@@H]1OC[C@H]2OC(C)(C)O[C@@H]2C1=O. The molecule has 14 heavy (non-hydrogen) atoms. The Morgan fingerprint density at radius 3 is 2.79 bits per heavy atom. The molecule has 0 bridgehead atoms. The highest BCUT2D eigenvalue weighted by Crippen LogP contribution is 2.32. The molecule has 0 aliphatic carbocycles. The second-order valence-electron chi connectivity index (χ2n) is 3.90. The first-order chi connectivity index (χ1) is 6.53. The highest BCUT2D eigenvalue weighted by Gasteiger charge is 2.50. The van der Waals surface area contributed by atoms with Gasteiger partial charge in [-0.1, -0.05) is 0 Å². The summed E-state index contributed by atoms with van der Waals surface area (Å²) in [4.78, 5) is 11.7. The van der Waals surface area contributed by atoms with Crippen molar-refractivity contribution < 1.29 is 23.7 Å². The van der Waals surface area contributed by atoms with Gasteiger partial charge in [-0.2, -0.15) is 0 Å². The third kappa shape index (κ3) is 1.56. The number of rotatable bonds is 1. The Morgan fingerprint density at radius 2 is 2.14 bits per heavy atom. The molecule has 80 valence electrons. The van der Waals surface area contributed by atoms with Gasteiger partial charge in [-0.15, -0.1) is 0 Å². The molecule has 3 atom stereocenters. The molecule has 2 heterocycles. The van der Waals surface area contributed by atoms with Gasteiger partial charge in [-0.3, -0.25) is 4.79 Å². The quantitative estimate of drug-likeness (QED) is 0.602. The molecule has 0 unspecified atom stereocenters. The van der Waals surface area contributed by atoms with E-state index in [2.05, 4.69) is 0 Å². The molecule has 2 aliphatic rings. The van der Waals surface area contributed by atoms with E-state index >= 15 is 0 Å². The molecule has 0 radical (unpaired) electrons. The topological polar surface area (TPSA) is 54.0 Å². The van der Waals surface area contributed by atoms with E-state index < -0.39 is 18.2 Å². The van der Waals surface area contributed by atoms with E-state index in [-0.39, 0.29) is 11.9 Å². The van der Waals surface area contributed by atoms with Crippen LogP contribution in [0, 0.1) is 0 Å². The first-order valence-electron chi connectivity index (χ1n) is 4.57. The van der Waals surface area contributed by atoms with E-state index in [0.29, 0.717) is 6.61 Å². The molecule has 2 saturated heterocycles. The molecule has 5 heteroatoms. The van der Waals surface area contributed by atoms with Crippen molar-refractivity contribution in [1.29, 1.82) is 0 Å². The highest BCUT2D eigenvalue weighted by atomic mass is 16.8. The summed E-state index contributed by atoms with van der Waals surface area (Å²) in [5, 5.41) is 0. The van der Waals surface area contributed by atoms with E-state index in [1.54, 1.807) is 13.8 Å². The van der Waals surface area contributed by atoms with Crippen molar-refractivity contribution in [2.75, 3.05) is 13.7 Å². The number of methoxy groups -OCH3 is 1. The molecule has 2 aliphatic heterocycles. The molecule has 0 spiro atoms. The predicted octanol–water partition coefficient (Wildman–Crippen LogP) is 0.0783. The number of carbonyl (C=O) groups excluding carboxylic acids is 1. The Balaban J connectivity index is 2.12. The lowest BCUT2D eigenvalue weighted by Gasteiger charge is -2.27. The number of carbonyl (C=O) groups is 1. The van der Waals surface area contributed by atoms with Crippen molar-refractivity contribution in [3.05, 3.63) is 0 Å². The number of ketones is 1. The van der Waals surface area contributed by atoms with Gasteiger partial charge < -0.3 is 18.9 Å². The number of hydrogen-bond donors (Lipinski definition) is 0. The van der Waals surface area contributed by atoms with Crippen LogP contribution in [0.4, 0.5) is 0 Å². The molecule has 0 N–H and O–H groups in total. The van der Waals surface area contributed by atoms with Gasteiger partial charge in [0.15, 0.2) is 11.9 Å². The molecular weight excluding hydrogens is 188 g/mol. The summed E-state index contributed by atoms with van der Waals surface area (Å²) >= 11 is 0. The third-order valence-electron chi connectivity index (χ3n) is 2.32. The molecule has 0 amide bonds. The maximum atomic E-state index is 11.7. The van der Waals surface area contributed by atoms with Gasteiger partial charge in [0.2, 0.25) is 12.1 Å². The van der Waals surface area contributed by atoms with Gasteiger partial charge in [0.25, 0.3) is 0 Å². The lowest BCUT2D eigenvalue weighted by Crippen LogP contribution is -2.48. The largest absolute Gasteiger partial charge is 0.349 e. The van der Waals surface area contributed by atoms with E-state index in [1.165, 1.54) is 7.11 Å². The molecular formula is C9H14O5. The van der Waals surface area contributed by atoms with Crippen molar-refractivity contribution in [1.82, 2.24) is 0 Å². The summed E-state index contributed by atoms with van der Waals surface area (Å²) in [6.07, 6.45) is -1.67. The van der Waals surface area contributed by atoms with Gasteiger partial charge in [0.05, 0.1) is 6.61 Å². The van der Waals surface area contributed by atoms with Gasteiger partial charge >= 0.3 is 0 Å². The van der Waals surface area contributed by atoms with Crippen LogP contribution in [-0.2, 0) is 23.7 Å². The van der Waals surface area contributed by atoms with Crippen molar-refractivity contribution in [3.63, 3.8) is 0 Å². The summed E-state index contributed by atoms with van der Waals surface area (Å²) < 4.78 is 21.0. The molecule has 0 aromatic rings. The van der Waals surface area contributed by atoms with Gasteiger partial charge in [0, 0.05) is 7.11 Å². The van der Waals surface area contributed by atoms with E-state index in [0.717, 1.165) is 0 Å². The lowest BCUT2D eigenvalue weighted by atomic mass is 10.1. The maximum absolute atomic E-state index is 11.7. The van der Waals surface area contributed by atoms with Crippen LogP contribution in [0.15, 0.2) is 0 Å². The summed E-state index contributed by atoms with van der Waals surface area (Å²) in [5.74, 6) is -0.911. The van der Waals surface area contributed by atoms with Crippen molar-refractivity contribution in [3.8, 4) is 0 Å². The van der Waals surface area contributed by atoms with Crippen LogP contribution >= 0.6 is 0 Å². The number of ether oxygens (including phenoxy) is 4. The monoisotopic (exact) mass is 202 g/mol. The Morgan fingerprint density at radius 1 is 1.43 bits per heavy atom. The maximum Gasteiger partial charge on any atom is 0.220 e. The zero-order valence-electron chi connectivity index (χ0n) is 8.48. The molecule has 0 saturated carbocycles. The lowest BCUT2D eigenvalue weighted by molar-refractivity contribution is -0.190. The van der Waals surface area contributed by atoms with E-state index in [4.69, 9.17) is 18.9 Å². The summed E-state index contributed by atoms with van der Waals surface area (Å²) in [6.45, 7) is 3.89. The minimum atomic E-state index is -0.811. The minimum Gasteiger partial charge on any atom is -0.349 e. The van der Waals surface area contributed by atoms with Gasteiger partial charge in [0.1, 0.15) is 6.10 Å². The normalized spacial score (nSPS) is 41.1. The average Bonchev–Trinajstić information content (AvgIpc) is 2.42. The fourth-order valence-electron chi connectivity index (χ4n) is 1.78. The summed E-state index contributed by atoms with van der Waals surface area (Å²) in [7, 11) is 1.43. The zero-order chi connectivity index (χ0) is 10.3. The highest BCUT2D eigenvalue weighted by molar-refractivity contribution is 5.87. The number of Topliss-reactive ketones (excluding diaryl/α,β-unsaturated/α-hetero) is 1. The van der Waals surface area contributed by atoms with Crippen LogP contribution in [0.3, 0.4) is 0 Å². The van der Waals surface area contributed by atoms with Crippen LogP contribution in [0.25, 0.3) is 0 Å². The van der Waals surface area contributed by atoms with Crippen LogP contribution in [-0.4, -0.2) is 43.8 Å². The summed E-state index contributed by atoms with van der Waals surface area (Å²) in [5.41, 5.74) is 0. The third-order valence-corrected chi connectivity index (χ3v) is 2.32. The Labute approximate surface area is 82.3 Å². The number of fused-ring (bicyclic) bond motifs is 1. The average molecular weight is 202 g/mol. The van der Waals surface area contributed by atoms with Crippen LogP contribution in [0.5, 0.6) is 0 Å². The van der Waals surface area contributed by atoms with Crippen molar-refractivity contribution >= 4 is 5.78 Å².